The largest absolute Gasteiger partial charge is 0.395 e. The second kappa shape index (κ2) is 11.3. The molecule has 0 radical (unpaired) electrons. The van der Waals surface area contributed by atoms with Gasteiger partial charge in [-0.15, -0.1) is 0 Å². The maximum atomic E-state index is 11.1. The first-order chi connectivity index (χ1) is 8.22. The van der Waals surface area contributed by atoms with Gasteiger partial charge in [0.05, 0.1) is 6.61 Å². The SMILES string of the molecule is CCCCOCCCNC(=O)C(=O)NCCO. The molecule has 3 N–H and O–H groups in total. The van der Waals surface area contributed by atoms with Gasteiger partial charge in [-0.25, -0.2) is 0 Å². The summed E-state index contributed by atoms with van der Waals surface area (Å²) in [5.74, 6) is -1.39. The van der Waals surface area contributed by atoms with E-state index in [0.29, 0.717) is 19.6 Å². The Hall–Kier alpha value is -1.14. The van der Waals surface area contributed by atoms with Crippen LogP contribution in [0.5, 0.6) is 0 Å². The highest BCUT2D eigenvalue weighted by Gasteiger charge is 2.10. The summed E-state index contributed by atoms with van der Waals surface area (Å²) >= 11 is 0. The van der Waals surface area contributed by atoms with Crippen molar-refractivity contribution in [3.05, 3.63) is 0 Å². The quantitative estimate of drug-likeness (QED) is 0.375. The molecule has 6 heteroatoms. The Kier molecular flexibility index (Phi) is 10.6. The zero-order chi connectivity index (χ0) is 12.9. The molecule has 0 saturated heterocycles. The third-order valence-electron chi connectivity index (χ3n) is 2.00. The Labute approximate surface area is 102 Å². The minimum absolute atomic E-state index is 0.0897. The zero-order valence-corrected chi connectivity index (χ0v) is 10.3. The maximum Gasteiger partial charge on any atom is 0.309 e. The molecule has 100 valence electrons. The maximum absolute atomic E-state index is 11.1. The number of ether oxygens (including phenoxy) is 1. The lowest BCUT2D eigenvalue weighted by Gasteiger charge is -2.06. The summed E-state index contributed by atoms with van der Waals surface area (Å²) < 4.78 is 5.30. The lowest BCUT2D eigenvalue weighted by molar-refractivity contribution is -0.139. The van der Waals surface area contributed by atoms with Crippen LogP contribution in [0, 0.1) is 0 Å². The molecule has 0 fully saturated rings. The molecule has 0 saturated carbocycles. The van der Waals surface area contributed by atoms with E-state index in [1.54, 1.807) is 0 Å². The summed E-state index contributed by atoms with van der Waals surface area (Å²) in [4.78, 5) is 22.2. The second-order valence-corrected chi connectivity index (χ2v) is 3.55. The van der Waals surface area contributed by atoms with Crippen molar-refractivity contribution in [1.29, 1.82) is 0 Å². The fourth-order valence-corrected chi connectivity index (χ4v) is 1.05. The highest BCUT2D eigenvalue weighted by molar-refractivity contribution is 6.35. The van der Waals surface area contributed by atoms with Gasteiger partial charge in [0.15, 0.2) is 0 Å². The molecule has 0 aliphatic heterocycles. The van der Waals surface area contributed by atoms with E-state index in [0.717, 1.165) is 19.4 Å². The molecule has 0 heterocycles. The number of nitrogens with one attached hydrogen (secondary N) is 2. The number of carbonyl (C=O) groups excluding carboxylic acids is 2. The van der Waals surface area contributed by atoms with Gasteiger partial charge >= 0.3 is 11.8 Å². The number of hydrogen-bond donors (Lipinski definition) is 3. The number of aliphatic hydroxyl groups is 1. The topological polar surface area (TPSA) is 87.7 Å². The van der Waals surface area contributed by atoms with E-state index in [2.05, 4.69) is 17.6 Å². The number of aliphatic hydroxyl groups excluding tert-OH is 1. The monoisotopic (exact) mass is 246 g/mol. The first kappa shape index (κ1) is 15.9. The van der Waals surface area contributed by atoms with Crippen molar-refractivity contribution >= 4 is 11.8 Å². The predicted molar refractivity (Wildman–Crippen MR) is 63.4 cm³/mol. The van der Waals surface area contributed by atoms with E-state index in [1.807, 2.05) is 0 Å². The van der Waals surface area contributed by atoms with Crippen LogP contribution >= 0.6 is 0 Å². The van der Waals surface area contributed by atoms with E-state index in [1.165, 1.54) is 0 Å². The average molecular weight is 246 g/mol. The summed E-state index contributed by atoms with van der Waals surface area (Å²) in [5.41, 5.74) is 0. The van der Waals surface area contributed by atoms with Crippen molar-refractivity contribution in [1.82, 2.24) is 10.6 Å². The lowest BCUT2D eigenvalue weighted by Crippen LogP contribution is -2.41. The first-order valence-corrected chi connectivity index (χ1v) is 5.97. The van der Waals surface area contributed by atoms with Crippen LogP contribution < -0.4 is 10.6 Å². The minimum atomic E-state index is -0.717. The minimum Gasteiger partial charge on any atom is -0.395 e. The van der Waals surface area contributed by atoms with E-state index in [9.17, 15) is 9.59 Å². The van der Waals surface area contributed by atoms with Crippen molar-refractivity contribution < 1.29 is 19.4 Å². The van der Waals surface area contributed by atoms with Crippen LogP contribution in [0.15, 0.2) is 0 Å². The zero-order valence-electron chi connectivity index (χ0n) is 10.3. The molecule has 17 heavy (non-hydrogen) atoms. The van der Waals surface area contributed by atoms with Gasteiger partial charge in [0, 0.05) is 26.3 Å². The van der Waals surface area contributed by atoms with E-state index in [-0.39, 0.29) is 13.2 Å². The second-order valence-electron chi connectivity index (χ2n) is 3.55. The molecule has 0 rings (SSSR count). The summed E-state index contributed by atoms with van der Waals surface area (Å²) in [6.07, 6.45) is 2.82. The summed E-state index contributed by atoms with van der Waals surface area (Å²) in [6.45, 7) is 3.74. The van der Waals surface area contributed by atoms with Gasteiger partial charge in [-0.1, -0.05) is 13.3 Å². The predicted octanol–water partition coefficient (Wildman–Crippen LogP) is -0.582. The van der Waals surface area contributed by atoms with Crippen LogP contribution in [0.25, 0.3) is 0 Å². The fraction of sp³-hybridized carbons (Fsp3) is 0.818. The first-order valence-electron chi connectivity index (χ1n) is 5.97. The van der Waals surface area contributed by atoms with E-state index in [4.69, 9.17) is 9.84 Å². The van der Waals surface area contributed by atoms with Crippen molar-refractivity contribution in [2.24, 2.45) is 0 Å². The normalized spacial score (nSPS) is 10.0. The molecule has 0 aromatic heterocycles. The molecule has 6 nitrogen and oxygen atoms in total. The Morgan fingerprint density at radius 3 is 2.24 bits per heavy atom. The number of carbonyl (C=O) groups is 2. The summed E-state index contributed by atoms with van der Waals surface area (Å²) in [7, 11) is 0. The smallest absolute Gasteiger partial charge is 0.309 e. The van der Waals surface area contributed by atoms with Gasteiger partial charge in [0.1, 0.15) is 0 Å². The number of unbranched alkanes of at least 4 members (excludes halogenated alkanes) is 1. The standard InChI is InChI=1S/C11H22N2O4/c1-2-3-8-17-9-4-5-12-10(15)11(16)13-6-7-14/h14H,2-9H2,1H3,(H,12,15)(H,13,16). The third kappa shape index (κ3) is 9.77. The summed E-state index contributed by atoms with van der Waals surface area (Å²) in [6, 6.07) is 0. The molecule has 2 amide bonds. The van der Waals surface area contributed by atoms with Gasteiger partial charge in [-0.3, -0.25) is 9.59 Å². The molecular weight excluding hydrogens is 224 g/mol. The highest BCUT2D eigenvalue weighted by atomic mass is 16.5. The molecule has 0 spiro atoms. The Morgan fingerprint density at radius 1 is 1.06 bits per heavy atom. The molecule has 0 aromatic rings. The Morgan fingerprint density at radius 2 is 1.65 bits per heavy atom. The van der Waals surface area contributed by atoms with Crippen molar-refractivity contribution in [3.8, 4) is 0 Å². The molecule has 0 aliphatic carbocycles. The van der Waals surface area contributed by atoms with Gasteiger partial charge in [0.25, 0.3) is 0 Å². The van der Waals surface area contributed by atoms with Crippen molar-refractivity contribution in [2.75, 3.05) is 32.9 Å². The number of rotatable bonds is 9. The van der Waals surface area contributed by atoms with Gasteiger partial charge in [-0.05, 0) is 12.8 Å². The van der Waals surface area contributed by atoms with Gasteiger partial charge in [0.2, 0.25) is 0 Å². The Bertz CT molecular complexity index is 222. The van der Waals surface area contributed by atoms with E-state index < -0.39 is 11.8 Å². The van der Waals surface area contributed by atoms with Crippen LogP contribution in [0.2, 0.25) is 0 Å². The van der Waals surface area contributed by atoms with Crippen LogP contribution in [-0.2, 0) is 14.3 Å². The fourth-order valence-electron chi connectivity index (χ4n) is 1.05. The average Bonchev–Trinajstić information content (AvgIpc) is 2.34. The van der Waals surface area contributed by atoms with Crippen LogP contribution in [0.4, 0.5) is 0 Å². The number of hydrogen-bond acceptors (Lipinski definition) is 4. The number of amides is 2. The molecule has 0 atom stereocenters. The van der Waals surface area contributed by atoms with Gasteiger partial charge < -0.3 is 20.5 Å². The third-order valence-corrected chi connectivity index (χ3v) is 2.00. The Balaban J connectivity index is 3.35. The molecule has 0 unspecified atom stereocenters. The van der Waals surface area contributed by atoms with Crippen LogP contribution in [-0.4, -0.2) is 49.8 Å². The highest BCUT2D eigenvalue weighted by Crippen LogP contribution is 1.88. The molecular formula is C11H22N2O4. The molecule has 0 aliphatic rings. The van der Waals surface area contributed by atoms with E-state index >= 15 is 0 Å². The molecule has 0 bridgehead atoms. The van der Waals surface area contributed by atoms with Gasteiger partial charge in [-0.2, -0.15) is 0 Å². The molecule has 0 aromatic carbocycles. The lowest BCUT2D eigenvalue weighted by atomic mass is 10.3. The summed E-state index contributed by atoms with van der Waals surface area (Å²) in [5, 5.41) is 13.2. The van der Waals surface area contributed by atoms with Crippen LogP contribution in [0.3, 0.4) is 0 Å². The van der Waals surface area contributed by atoms with Crippen molar-refractivity contribution in [3.63, 3.8) is 0 Å². The van der Waals surface area contributed by atoms with Crippen molar-refractivity contribution in [2.45, 2.75) is 26.2 Å². The van der Waals surface area contributed by atoms with Crippen LogP contribution in [0.1, 0.15) is 26.2 Å².